The first-order valence-corrected chi connectivity index (χ1v) is 4.82. The van der Waals surface area contributed by atoms with Crippen molar-refractivity contribution in [2.45, 2.75) is 4.90 Å². The lowest BCUT2D eigenvalue weighted by molar-refractivity contribution is 0.527. The smallest absolute Gasteiger partial charge is 0.193 e. The summed E-state index contributed by atoms with van der Waals surface area (Å²) in [6.07, 6.45) is 0. The van der Waals surface area contributed by atoms with Crippen molar-refractivity contribution in [1.82, 2.24) is 0 Å². The molecule has 1 aromatic carbocycles. The van der Waals surface area contributed by atoms with Crippen molar-refractivity contribution in [1.29, 1.82) is 0 Å². The molecule has 0 saturated heterocycles. The Labute approximate surface area is 85.7 Å². The standard InChI is InChI=1S/C6H5BrO3S.ClH/c7-10-11(8,9)6-4-2-1-3-5-6;/h1-5H;1H. The average Bonchev–Trinajstić information content (AvgIpc) is 2.06. The summed E-state index contributed by atoms with van der Waals surface area (Å²) in [4.78, 5) is 0.136. The number of hydrogen-bond donors (Lipinski definition) is 0. The second kappa shape index (κ2) is 4.81. The molecule has 68 valence electrons. The zero-order chi connectivity index (χ0) is 8.32. The van der Waals surface area contributed by atoms with Gasteiger partial charge in [-0.2, -0.15) is 11.7 Å². The minimum atomic E-state index is -3.58. The fourth-order valence-corrected chi connectivity index (χ4v) is 1.64. The quantitative estimate of drug-likeness (QED) is 0.829. The van der Waals surface area contributed by atoms with Crippen molar-refractivity contribution in [2.75, 3.05) is 0 Å². The van der Waals surface area contributed by atoms with E-state index in [-0.39, 0.29) is 17.3 Å². The van der Waals surface area contributed by atoms with Crippen LogP contribution in [-0.2, 0) is 13.4 Å². The highest BCUT2D eigenvalue weighted by molar-refractivity contribution is 9.06. The molecule has 0 aliphatic heterocycles. The van der Waals surface area contributed by atoms with E-state index in [1.807, 2.05) is 0 Å². The van der Waals surface area contributed by atoms with Crippen LogP contribution in [0.3, 0.4) is 0 Å². The first-order valence-electron chi connectivity index (χ1n) is 2.77. The second-order valence-electron chi connectivity index (χ2n) is 1.83. The third-order valence-electron chi connectivity index (χ3n) is 1.11. The van der Waals surface area contributed by atoms with Gasteiger partial charge in [0.2, 0.25) is 0 Å². The average molecular weight is 274 g/mol. The van der Waals surface area contributed by atoms with E-state index in [9.17, 15) is 8.42 Å². The van der Waals surface area contributed by atoms with Gasteiger partial charge in [0, 0.05) is 0 Å². The second-order valence-corrected chi connectivity index (χ2v) is 4.13. The van der Waals surface area contributed by atoms with Crippen LogP contribution in [0.2, 0.25) is 0 Å². The summed E-state index contributed by atoms with van der Waals surface area (Å²) in [5.74, 6) is 0. The molecule has 1 aromatic rings. The molecule has 0 bridgehead atoms. The zero-order valence-electron chi connectivity index (χ0n) is 5.81. The first kappa shape index (κ1) is 11.9. The van der Waals surface area contributed by atoms with E-state index in [0.717, 1.165) is 0 Å². The van der Waals surface area contributed by atoms with Gasteiger partial charge in [0.25, 0.3) is 0 Å². The molecule has 0 atom stereocenters. The van der Waals surface area contributed by atoms with Crippen molar-refractivity contribution < 1.29 is 11.7 Å². The van der Waals surface area contributed by atoms with Crippen molar-refractivity contribution in [2.24, 2.45) is 0 Å². The molecular weight excluding hydrogens is 267 g/mol. The Morgan fingerprint density at radius 1 is 1.17 bits per heavy atom. The van der Waals surface area contributed by atoms with Crippen LogP contribution in [0.25, 0.3) is 0 Å². The summed E-state index contributed by atoms with van der Waals surface area (Å²) in [5, 5.41) is 0. The van der Waals surface area contributed by atoms with E-state index < -0.39 is 10.1 Å². The minimum absolute atomic E-state index is 0. The maximum atomic E-state index is 10.9. The van der Waals surface area contributed by atoms with E-state index in [1.54, 1.807) is 18.2 Å². The molecule has 0 radical (unpaired) electrons. The predicted molar refractivity (Wildman–Crippen MR) is 50.9 cm³/mol. The highest BCUT2D eigenvalue weighted by Gasteiger charge is 2.11. The topological polar surface area (TPSA) is 43.4 Å². The molecule has 0 aromatic heterocycles. The van der Waals surface area contributed by atoms with Crippen molar-refractivity contribution in [3.05, 3.63) is 30.3 Å². The summed E-state index contributed by atoms with van der Waals surface area (Å²) in [7, 11) is -3.58. The molecule has 1 rings (SSSR count). The molecule has 0 N–H and O–H groups in total. The van der Waals surface area contributed by atoms with E-state index in [1.165, 1.54) is 12.1 Å². The Kier molecular flexibility index (Phi) is 4.77. The van der Waals surface area contributed by atoms with Crippen LogP contribution in [0, 0.1) is 0 Å². The number of rotatable bonds is 2. The van der Waals surface area contributed by atoms with Crippen molar-refractivity contribution in [3.8, 4) is 0 Å². The largest absolute Gasteiger partial charge is 0.307 e. The molecule has 0 heterocycles. The van der Waals surface area contributed by atoms with Crippen LogP contribution in [0.4, 0.5) is 0 Å². The van der Waals surface area contributed by atoms with Crippen LogP contribution in [0.15, 0.2) is 35.2 Å². The Balaban J connectivity index is 0.00000121. The molecule has 0 fully saturated rings. The molecule has 12 heavy (non-hydrogen) atoms. The summed E-state index contributed by atoms with van der Waals surface area (Å²) < 4.78 is 26.0. The van der Waals surface area contributed by atoms with Gasteiger partial charge in [-0.3, -0.25) is 0 Å². The third-order valence-corrected chi connectivity index (χ3v) is 3.17. The van der Waals surface area contributed by atoms with Crippen LogP contribution in [0.5, 0.6) is 0 Å². The monoisotopic (exact) mass is 272 g/mol. The number of benzene rings is 1. The molecular formula is C6H6BrClO3S. The fraction of sp³-hybridized carbons (Fsp3) is 0. The lowest BCUT2D eigenvalue weighted by Gasteiger charge is -1.96. The van der Waals surface area contributed by atoms with Gasteiger partial charge in [-0.25, -0.2) is 0 Å². The Bertz CT molecular complexity index is 324. The van der Waals surface area contributed by atoms with Gasteiger partial charge in [-0.1, -0.05) is 18.2 Å². The minimum Gasteiger partial charge on any atom is -0.193 e. The predicted octanol–water partition coefficient (Wildman–Crippen LogP) is 2.12. The van der Waals surface area contributed by atoms with Crippen molar-refractivity contribution >= 4 is 38.8 Å². The van der Waals surface area contributed by atoms with Crippen molar-refractivity contribution in [3.63, 3.8) is 0 Å². The summed E-state index contributed by atoms with van der Waals surface area (Å²) in [5.41, 5.74) is 0. The molecule has 0 aliphatic carbocycles. The first-order chi connectivity index (χ1) is 5.17. The molecule has 3 nitrogen and oxygen atoms in total. The van der Waals surface area contributed by atoms with E-state index >= 15 is 0 Å². The highest BCUT2D eigenvalue weighted by atomic mass is 79.9. The zero-order valence-corrected chi connectivity index (χ0v) is 9.02. The third kappa shape index (κ3) is 2.75. The van der Waals surface area contributed by atoms with Gasteiger partial charge in [0.1, 0.15) is 16.3 Å². The fourth-order valence-electron chi connectivity index (χ4n) is 0.624. The Morgan fingerprint density at radius 2 is 1.67 bits per heavy atom. The molecule has 6 heteroatoms. The lowest BCUT2D eigenvalue weighted by atomic mass is 10.4. The summed E-state index contributed by atoms with van der Waals surface area (Å²) >= 11 is 2.42. The van der Waals surface area contributed by atoms with Crippen LogP contribution in [0.1, 0.15) is 0 Å². The molecule has 0 spiro atoms. The van der Waals surface area contributed by atoms with Gasteiger partial charge in [0.15, 0.2) is 0 Å². The molecule has 0 aliphatic rings. The maximum absolute atomic E-state index is 10.9. The summed E-state index contributed by atoms with van der Waals surface area (Å²) in [6.45, 7) is 0. The van der Waals surface area contributed by atoms with Gasteiger partial charge >= 0.3 is 10.1 Å². The van der Waals surface area contributed by atoms with E-state index in [4.69, 9.17) is 0 Å². The Hall–Kier alpha value is -0.100. The molecule has 0 saturated carbocycles. The van der Waals surface area contributed by atoms with Crippen LogP contribution in [-0.4, -0.2) is 8.42 Å². The van der Waals surface area contributed by atoms with Gasteiger partial charge in [0.05, 0.1) is 4.90 Å². The van der Waals surface area contributed by atoms with E-state index in [2.05, 4.69) is 19.5 Å². The SMILES string of the molecule is Cl.O=S(=O)(OBr)c1ccccc1. The maximum Gasteiger partial charge on any atom is 0.307 e. The van der Waals surface area contributed by atoms with Gasteiger partial charge in [-0.15, -0.1) is 12.4 Å². The Morgan fingerprint density at radius 3 is 2.08 bits per heavy atom. The number of hydrogen-bond acceptors (Lipinski definition) is 3. The van der Waals surface area contributed by atoms with E-state index in [0.29, 0.717) is 0 Å². The van der Waals surface area contributed by atoms with Crippen LogP contribution < -0.4 is 0 Å². The lowest BCUT2D eigenvalue weighted by Crippen LogP contribution is -1.98. The number of halogens is 2. The highest BCUT2D eigenvalue weighted by Crippen LogP contribution is 2.12. The van der Waals surface area contributed by atoms with Gasteiger partial charge in [-0.05, 0) is 12.1 Å². The van der Waals surface area contributed by atoms with Gasteiger partial charge < -0.3 is 0 Å². The molecule has 0 amide bonds. The normalized spacial score (nSPS) is 10.4. The van der Waals surface area contributed by atoms with Crippen LogP contribution >= 0.6 is 28.7 Å². The molecule has 0 unspecified atom stereocenters. The summed E-state index contributed by atoms with van der Waals surface area (Å²) in [6, 6.07) is 7.89.